The summed E-state index contributed by atoms with van der Waals surface area (Å²) in [5.74, 6) is -0.135. The minimum atomic E-state index is -0.197. The van der Waals surface area contributed by atoms with Gasteiger partial charge in [0.1, 0.15) is 6.04 Å². The molecule has 0 rings (SSSR count). The zero-order valence-corrected chi connectivity index (χ0v) is 11.8. The summed E-state index contributed by atoms with van der Waals surface area (Å²) in [6.07, 6.45) is 3.37. The second-order valence-corrected chi connectivity index (χ2v) is 4.37. The minimum Gasteiger partial charge on any atom is -0.465 e. The highest BCUT2D eigenvalue weighted by atomic mass is 16.5. The Morgan fingerprint density at radius 3 is 2.53 bits per heavy atom. The van der Waals surface area contributed by atoms with Gasteiger partial charge in [-0.2, -0.15) is 0 Å². The fourth-order valence-corrected chi connectivity index (χ4v) is 1.61. The summed E-state index contributed by atoms with van der Waals surface area (Å²) >= 11 is 0. The second-order valence-electron chi connectivity index (χ2n) is 4.37. The summed E-state index contributed by atoms with van der Waals surface area (Å²) < 4.78 is 5.08. The number of nitrogens with one attached hydrogen (secondary N) is 1. The third-order valence-electron chi connectivity index (χ3n) is 2.60. The van der Waals surface area contributed by atoms with Crippen molar-refractivity contribution >= 4 is 5.97 Å². The van der Waals surface area contributed by atoms with E-state index in [1.165, 1.54) is 12.8 Å². The molecule has 1 atom stereocenters. The van der Waals surface area contributed by atoms with Crippen LogP contribution in [0.25, 0.3) is 0 Å². The van der Waals surface area contributed by atoms with Crippen LogP contribution in [-0.2, 0) is 9.53 Å². The smallest absolute Gasteiger partial charge is 0.324 e. The Kier molecular flexibility index (Phi) is 10.2. The maximum Gasteiger partial charge on any atom is 0.324 e. The first-order valence-electron chi connectivity index (χ1n) is 6.74. The highest BCUT2D eigenvalue weighted by molar-refractivity contribution is 5.76. The largest absolute Gasteiger partial charge is 0.465 e. The molecule has 0 aromatic carbocycles. The third kappa shape index (κ3) is 8.16. The predicted octanol–water partition coefficient (Wildman–Crippen LogP) is 1.65. The lowest BCUT2D eigenvalue weighted by Crippen LogP contribution is -2.46. The summed E-state index contributed by atoms with van der Waals surface area (Å²) in [7, 11) is 2.05. The average molecular weight is 244 g/mol. The first-order chi connectivity index (χ1) is 8.15. The Balaban J connectivity index is 4.11. The number of hydrogen-bond donors (Lipinski definition) is 1. The SMILES string of the molecule is CCCCN(C)CC(NCCC)C(=O)OCC. The summed E-state index contributed by atoms with van der Waals surface area (Å²) in [5.41, 5.74) is 0. The predicted molar refractivity (Wildman–Crippen MR) is 71.1 cm³/mol. The molecule has 0 saturated heterocycles. The molecule has 4 nitrogen and oxygen atoms in total. The molecular weight excluding hydrogens is 216 g/mol. The summed E-state index contributed by atoms with van der Waals surface area (Å²) in [6, 6.07) is -0.197. The Hall–Kier alpha value is -0.610. The Morgan fingerprint density at radius 1 is 1.29 bits per heavy atom. The van der Waals surface area contributed by atoms with Gasteiger partial charge in [0.05, 0.1) is 6.61 Å². The number of rotatable bonds is 10. The van der Waals surface area contributed by atoms with Crippen molar-refractivity contribution in [1.82, 2.24) is 10.2 Å². The lowest BCUT2D eigenvalue weighted by atomic mass is 10.2. The molecule has 0 heterocycles. The monoisotopic (exact) mass is 244 g/mol. The van der Waals surface area contributed by atoms with Gasteiger partial charge in [0.2, 0.25) is 0 Å². The van der Waals surface area contributed by atoms with Crippen LogP contribution in [0.3, 0.4) is 0 Å². The molecule has 0 aromatic rings. The van der Waals surface area contributed by atoms with Crippen molar-refractivity contribution in [2.45, 2.75) is 46.1 Å². The molecule has 0 amide bonds. The van der Waals surface area contributed by atoms with Gasteiger partial charge in [0, 0.05) is 6.54 Å². The number of hydrogen-bond acceptors (Lipinski definition) is 4. The van der Waals surface area contributed by atoms with E-state index in [2.05, 4.69) is 31.1 Å². The topological polar surface area (TPSA) is 41.6 Å². The lowest BCUT2D eigenvalue weighted by Gasteiger charge is -2.23. The molecule has 0 aromatic heterocycles. The molecule has 17 heavy (non-hydrogen) atoms. The van der Waals surface area contributed by atoms with Crippen molar-refractivity contribution in [2.75, 3.05) is 33.3 Å². The average Bonchev–Trinajstić information content (AvgIpc) is 2.32. The van der Waals surface area contributed by atoms with Gasteiger partial charge < -0.3 is 15.0 Å². The van der Waals surface area contributed by atoms with Crippen LogP contribution in [0.1, 0.15) is 40.0 Å². The lowest BCUT2D eigenvalue weighted by molar-refractivity contribution is -0.146. The molecule has 4 heteroatoms. The molecule has 0 aliphatic carbocycles. The molecule has 0 aliphatic rings. The normalized spacial score (nSPS) is 12.8. The number of esters is 1. The Labute approximate surface area is 106 Å². The molecule has 1 N–H and O–H groups in total. The van der Waals surface area contributed by atoms with Crippen molar-refractivity contribution in [3.63, 3.8) is 0 Å². The van der Waals surface area contributed by atoms with Crippen molar-refractivity contribution < 1.29 is 9.53 Å². The van der Waals surface area contributed by atoms with Gasteiger partial charge in [-0.25, -0.2) is 0 Å². The first kappa shape index (κ1) is 16.4. The van der Waals surface area contributed by atoms with Gasteiger partial charge in [-0.15, -0.1) is 0 Å². The number of unbranched alkanes of at least 4 members (excludes halogenated alkanes) is 1. The van der Waals surface area contributed by atoms with Crippen molar-refractivity contribution in [1.29, 1.82) is 0 Å². The van der Waals surface area contributed by atoms with Crippen molar-refractivity contribution in [3.8, 4) is 0 Å². The molecule has 0 bridgehead atoms. The van der Waals surface area contributed by atoms with Gasteiger partial charge >= 0.3 is 5.97 Å². The number of carbonyl (C=O) groups is 1. The van der Waals surface area contributed by atoms with Gasteiger partial charge in [-0.3, -0.25) is 4.79 Å². The number of carbonyl (C=O) groups excluding carboxylic acids is 1. The quantitative estimate of drug-likeness (QED) is 0.593. The molecule has 0 saturated carbocycles. The Morgan fingerprint density at radius 2 is 2.00 bits per heavy atom. The maximum absolute atomic E-state index is 11.7. The molecule has 0 radical (unpaired) electrons. The summed E-state index contributed by atoms with van der Waals surface area (Å²) in [4.78, 5) is 13.9. The summed E-state index contributed by atoms with van der Waals surface area (Å²) in [5, 5.41) is 3.25. The van der Waals surface area contributed by atoms with Gasteiger partial charge in [-0.05, 0) is 39.9 Å². The van der Waals surface area contributed by atoms with Crippen LogP contribution in [0.5, 0.6) is 0 Å². The fourth-order valence-electron chi connectivity index (χ4n) is 1.61. The third-order valence-corrected chi connectivity index (χ3v) is 2.60. The molecule has 1 unspecified atom stereocenters. The van der Waals surface area contributed by atoms with Crippen LogP contribution in [0.2, 0.25) is 0 Å². The molecular formula is C13H28N2O2. The fraction of sp³-hybridized carbons (Fsp3) is 0.923. The van der Waals surface area contributed by atoms with Crippen molar-refractivity contribution in [3.05, 3.63) is 0 Å². The zero-order valence-electron chi connectivity index (χ0n) is 11.8. The van der Waals surface area contributed by atoms with E-state index in [9.17, 15) is 4.79 Å². The van der Waals surface area contributed by atoms with E-state index in [1.54, 1.807) is 0 Å². The van der Waals surface area contributed by atoms with Crippen LogP contribution in [-0.4, -0.2) is 50.2 Å². The van der Waals surface area contributed by atoms with E-state index < -0.39 is 0 Å². The first-order valence-corrected chi connectivity index (χ1v) is 6.74. The van der Waals surface area contributed by atoms with Crippen molar-refractivity contribution in [2.24, 2.45) is 0 Å². The second kappa shape index (κ2) is 10.5. The molecule has 102 valence electrons. The van der Waals surface area contributed by atoms with Crippen LogP contribution in [0.15, 0.2) is 0 Å². The van der Waals surface area contributed by atoms with Gasteiger partial charge in [0.25, 0.3) is 0 Å². The standard InChI is InChI=1S/C13H28N2O2/c1-5-8-10-15(4)11-12(14-9-6-2)13(16)17-7-3/h12,14H,5-11H2,1-4H3. The molecule has 0 spiro atoms. The van der Waals surface area contributed by atoms with E-state index in [4.69, 9.17) is 4.74 Å². The van der Waals surface area contributed by atoms with E-state index in [-0.39, 0.29) is 12.0 Å². The van der Waals surface area contributed by atoms with Gasteiger partial charge in [-0.1, -0.05) is 20.3 Å². The zero-order chi connectivity index (χ0) is 13.1. The maximum atomic E-state index is 11.7. The van der Waals surface area contributed by atoms with Crippen LogP contribution >= 0.6 is 0 Å². The van der Waals surface area contributed by atoms with E-state index in [0.29, 0.717) is 6.61 Å². The minimum absolute atomic E-state index is 0.135. The van der Waals surface area contributed by atoms with Crippen LogP contribution < -0.4 is 5.32 Å². The van der Waals surface area contributed by atoms with Crippen LogP contribution in [0, 0.1) is 0 Å². The van der Waals surface area contributed by atoms with E-state index >= 15 is 0 Å². The number of likely N-dealkylation sites (N-methyl/N-ethyl adjacent to an activating group) is 1. The van der Waals surface area contributed by atoms with E-state index in [0.717, 1.165) is 26.1 Å². The highest BCUT2D eigenvalue weighted by Gasteiger charge is 2.20. The molecule has 0 aliphatic heterocycles. The molecule has 0 fully saturated rings. The Bertz CT molecular complexity index is 198. The van der Waals surface area contributed by atoms with Gasteiger partial charge in [0.15, 0.2) is 0 Å². The number of nitrogens with zero attached hydrogens (tertiary/aromatic N) is 1. The van der Waals surface area contributed by atoms with Crippen LogP contribution in [0.4, 0.5) is 0 Å². The summed E-state index contributed by atoms with van der Waals surface area (Å²) in [6.45, 7) is 9.16. The number of ether oxygens (including phenoxy) is 1. The van der Waals surface area contributed by atoms with E-state index in [1.807, 2.05) is 6.92 Å². The highest BCUT2D eigenvalue weighted by Crippen LogP contribution is 1.97.